The van der Waals surface area contributed by atoms with Crippen molar-refractivity contribution in [3.8, 4) is 5.75 Å². The van der Waals surface area contributed by atoms with Gasteiger partial charge in [-0.05, 0) is 32.3 Å². The van der Waals surface area contributed by atoms with Crippen LogP contribution >= 0.6 is 0 Å². The summed E-state index contributed by atoms with van der Waals surface area (Å²) < 4.78 is 11.2. The molecule has 0 spiro atoms. The van der Waals surface area contributed by atoms with Gasteiger partial charge in [-0.3, -0.25) is 0 Å². The molecule has 0 amide bonds. The first-order valence-electron chi connectivity index (χ1n) is 6.84. The highest BCUT2D eigenvalue weighted by Crippen LogP contribution is 2.21. The summed E-state index contributed by atoms with van der Waals surface area (Å²) in [7, 11) is 0. The van der Waals surface area contributed by atoms with Gasteiger partial charge in [0.1, 0.15) is 5.75 Å². The fourth-order valence-electron chi connectivity index (χ4n) is 2.38. The minimum atomic E-state index is 0.389. The lowest BCUT2D eigenvalue weighted by molar-refractivity contribution is 0.105. The molecule has 1 saturated heterocycles. The molecule has 100 valence electrons. The zero-order valence-electron chi connectivity index (χ0n) is 11.3. The number of benzene rings is 1. The standard InChI is InChI=1S/C15H23NO2/c1-3-17-15-7-5-4-6-14(15)11-16-10-13-8-9-18-12(13)2/h4-7,12-13,16H,3,8-11H2,1-2H3. The van der Waals surface area contributed by atoms with Crippen molar-refractivity contribution >= 4 is 0 Å². The van der Waals surface area contributed by atoms with Crippen molar-refractivity contribution in [1.29, 1.82) is 0 Å². The van der Waals surface area contributed by atoms with E-state index in [1.807, 2.05) is 19.1 Å². The molecule has 1 aromatic rings. The summed E-state index contributed by atoms with van der Waals surface area (Å²) in [6.45, 7) is 7.67. The maximum absolute atomic E-state index is 5.62. The molecule has 1 aliphatic heterocycles. The average Bonchev–Trinajstić information content (AvgIpc) is 2.78. The van der Waals surface area contributed by atoms with E-state index in [0.29, 0.717) is 18.6 Å². The maximum atomic E-state index is 5.62. The van der Waals surface area contributed by atoms with Gasteiger partial charge in [-0.2, -0.15) is 0 Å². The Morgan fingerprint density at radius 2 is 2.22 bits per heavy atom. The number of ether oxygens (including phenoxy) is 2. The van der Waals surface area contributed by atoms with Crippen LogP contribution in [0.15, 0.2) is 24.3 Å². The molecule has 2 atom stereocenters. The first-order chi connectivity index (χ1) is 8.81. The van der Waals surface area contributed by atoms with Crippen LogP contribution in [0.5, 0.6) is 5.75 Å². The van der Waals surface area contributed by atoms with Crippen molar-refractivity contribution < 1.29 is 9.47 Å². The molecular formula is C15H23NO2. The van der Waals surface area contributed by atoms with E-state index in [1.54, 1.807) is 0 Å². The summed E-state index contributed by atoms with van der Waals surface area (Å²) in [6.07, 6.45) is 1.56. The quantitative estimate of drug-likeness (QED) is 0.840. The predicted octanol–water partition coefficient (Wildman–Crippen LogP) is 2.60. The molecule has 0 bridgehead atoms. The zero-order chi connectivity index (χ0) is 12.8. The predicted molar refractivity (Wildman–Crippen MR) is 72.8 cm³/mol. The van der Waals surface area contributed by atoms with Crippen molar-refractivity contribution in [2.45, 2.75) is 32.9 Å². The van der Waals surface area contributed by atoms with E-state index in [-0.39, 0.29) is 0 Å². The van der Waals surface area contributed by atoms with Gasteiger partial charge in [-0.15, -0.1) is 0 Å². The van der Waals surface area contributed by atoms with Gasteiger partial charge in [0.25, 0.3) is 0 Å². The molecule has 0 aliphatic carbocycles. The molecule has 0 saturated carbocycles. The Morgan fingerprint density at radius 3 is 2.94 bits per heavy atom. The van der Waals surface area contributed by atoms with Crippen molar-refractivity contribution in [2.75, 3.05) is 19.8 Å². The van der Waals surface area contributed by atoms with E-state index in [9.17, 15) is 0 Å². The smallest absolute Gasteiger partial charge is 0.123 e. The second kappa shape index (κ2) is 6.76. The molecule has 0 aromatic heterocycles. The third-order valence-corrected chi connectivity index (χ3v) is 3.53. The largest absolute Gasteiger partial charge is 0.494 e. The van der Waals surface area contributed by atoms with Crippen molar-refractivity contribution in [3.63, 3.8) is 0 Å². The molecule has 1 aliphatic rings. The number of hydrogen-bond acceptors (Lipinski definition) is 3. The Labute approximate surface area is 109 Å². The van der Waals surface area contributed by atoms with Crippen molar-refractivity contribution in [3.05, 3.63) is 29.8 Å². The van der Waals surface area contributed by atoms with Gasteiger partial charge in [0.05, 0.1) is 12.7 Å². The topological polar surface area (TPSA) is 30.5 Å². The highest BCUT2D eigenvalue weighted by atomic mass is 16.5. The van der Waals surface area contributed by atoms with Crippen LogP contribution in [-0.4, -0.2) is 25.9 Å². The summed E-state index contributed by atoms with van der Waals surface area (Å²) in [4.78, 5) is 0. The first kappa shape index (κ1) is 13.4. The molecule has 3 heteroatoms. The van der Waals surface area contributed by atoms with Crippen LogP contribution in [-0.2, 0) is 11.3 Å². The summed E-state index contributed by atoms with van der Waals surface area (Å²) in [5, 5.41) is 3.51. The highest BCUT2D eigenvalue weighted by Gasteiger charge is 2.23. The molecule has 2 rings (SSSR count). The molecule has 0 radical (unpaired) electrons. The molecular weight excluding hydrogens is 226 g/mol. The average molecular weight is 249 g/mol. The van der Waals surface area contributed by atoms with Gasteiger partial charge < -0.3 is 14.8 Å². The normalized spacial score (nSPS) is 23.2. The van der Waals surface area contributed by atoms with Crippen LogP contribution in [0.25, 0.3) is 0 Å². The van der Waals surface area contributed by atoms with E-state index in [2.05, 4.69) is 24.4 Å². The second-order valence-electron chi connectivity index (χ2n) is 4.80. The molecule has 18 heavy (non-hydrogen) atoms. The van der Waals surface area contributed by atoms with Gasteiger partial charge in [0.2, 0.25) is 0 Å². The summed E-state index contributed by atoms with van der Waals surface area (Å²) in [6, 6.07) is 8.22. The van der Waals surface area contributed by atoms with E-state index >= 15 is 0 Å². The van der Waals surface area contributed by atoms with E-state index < -0.39 is 0 Å². The molecule has 2 unspecified atom stereocenters. The highest BCUT2D eigenvalue weighted by molar-refractivity contribution is 5.33. The number of nitrogens with one attached hydrogen (secondary N) is 1. The third kappa shape index (κ3) is 3.47. The summed E-state index contributed by atoms with van der Waals surface area (Å²) in [5.41, 5.74) is 1.23. The van der Waals surface area contributed by atoms with Crippen LogP contribution in [0, 0.1) is 5.92 Å². The minimum Gasteiger partial charge on any atom is -0.494 e. The fourth-order valence-corrected chi connectivity index (χ4v) is 2.38. The van der Waals surface area contributed by atoms with Crippen LogP contribution in [0.3, 0.4) is 0 Å². The van der Waals surface area contributed by atoms with Crippen LogP contribution < -0.4 is 10.1 Å². The van der Waals surface area contributed by atoms with Crippen molar-refractivity contribution in [2.24, 2.45) is 5.92 Å². The van der Waals surface area contributed by atoms with Gasteiger partial charge in [-0.1, -0.05) is 18.2 Å². The Bertz CT molecular complexity index is 367. The van der Waals surface area contributed by atoms with Gasteiger partial charge >= 0.3 is 0 Å². The lowest BCUT2D eigenvalue weighted by Gasteiger charge is -2.16. The third-order valence-electron chi connectivity index (χ3n) is 3.53. The molecule has 1 aromatic carbocycles. The minimum absolute atomic E-state index is 0.389. The second-order valence-corrected chi connectivity index (χ2v) is 4.80. The zero-order valence-corrected chi connectivity index (χ0v) is 11.3. The van der Waals surface area contributed by atoms with Crippen LogP contribution in [0.1, 0.15) is 25.8 Å². The maximum Gasteiger partial charge on any atom is 0.123 e. The van der Waals surface area contributed by atoms with Gasteiger partial charge in [0, 0.05) is 25.3 Å². The lowest BCUT2D eigenvalue weighted by atomic mass is 10.0. The molecule has 3 nitrogen and oxygen atoms in total. The molecule has 1 N–H and O–H groups in total. The van der Waals surface area contributed by atoms with Crippen molar-refractivity contribution in [1.82, 2.24) is 5.32 Å². The molecule has 1 fully saturated rings. The Morgan fingerprint density at radius 1 is 1.39 bits per heavy atom. The first-order valence-corrected chi connectivity index (χ1v) is 6.84. The lowest BCUT2D eigenvalue weighted by Crippen LogP contribution is -2.26. The van der Waals surface area contributed by atoms with E-state index in [0.717, 1.165) is 25.4 Å². The number of rotatable bonds is 6. The SMILES string of the molecule is CCOc1ccccc1CNCC1CCOC1C. The van der Waals surface area contributed by atoms with Gasteiger partial charge in [0.15, 0.2) is 0 Å². The Hall–Kier alpha value is -1.06. The van der Waals surface area contributed by atoms with Crippen LogP contribution in [0.4, 0.5) is 0 Å². The number of hydrogen-bond donors (Lipinski definition) is 1. The van der Waals surface area contributed by atoms with E-state index in [4.69, 9.17) is 9.47 Å². The van der Waals surface area contributed by atoms with Gasteiger partial charge in [-0.25, -0.2) is 0 Å². The van der Waals surface area contributed by atoms with E-state index in [1.165, 1.54) is 12.0 Å². The summed E-state index contributed by atoms with van der Waals surface area (Å²) in [5.74, 6) is 1.63. The Kier molecular flexibility index (Phi) is 5.02. The molecule has 1 heterocycles. The van der Waals surface area contributed by atoms with Crippen LogP contribution in [0.2, 0.25) is 0 Å². The Balaban J connectivity index is 1.82. The monoisotopic (exact) mass is 249 g/mol. The summed E-state index contributed by atoms with van der Waals surface area (Å²) >= 11 is 0. The number of para-hydroxylation sites is 1. The fraction of sp³-hybridized carbons (Fsp3) is 0.600.